The van der Waals surface area contributed by atoms with Crippen LogP contribution in [0.4, 0.5) is 5.69 Å². The number of benzene rings is 2. The number of carbonyl (C=O) groups excluding carboxylic acids is 1. The molecule has 7 heteroatoms. The maximum Gasteiger partial charge on any atom is 0.254 e. The summed E-state index contributed by atoms with van der Waals surface area (Å²) in [5.74, 6) is 0.476. The van der Waals surface area contributed by atoms with E-state index in [9.17, 15) is 14.7 Å². The lowest BCUT2D eigenvalue weighted by molar-refractivity contribution is -0.119. The minimum Gasteiger partial charge on any atom is -0.387 e. The molecule has 0 spiro atoms. The lowest BCUT2D eigenvalue weighted by Crippen LogP contribution is -2.35. The van der Waals surface area contributed by atoms with Gasteiger partial charge >= 0.3 is 0 Å². The van der Waals surface area contributed by atoms with Crippen molar-refractivity contribution in [2.24, 2.45) is 0 Å². The van der Waals surface area contributed by atoms with Gasteiger partial charge in [0, 0.05) is 36.5 Å². The first kappa shape index (κ1) is 21.6. The summed E-state index contributed by atoms with van der Waals surface area (Å²) in [5, 5.41) is 17.2. The molecular formula is C26H28N4O3. The number of nitrogens with one attached hydrogen (secondary N) is 2. The number of hydrogen-bond donors (Lipinski definition) is 3. The van der Waals surface area contributed by atoms with E-state index < -0.39 is 12.1 Å². The summed E-state index contributed by atoms with van der Waals surface area (Å²) in [4.78, 5) is 29.1. The van der Waals surface area contributed by atoms with Gasteiger partial charge in [-0.15, -0.1) is 0 Å². The van der Waals surface area contributed by atoms with Crippen LogP contribution in [0.15, 0.2) is 71.7 Å². The molecule has 3 heterocycles. The number of fused-ring (bicyclic) bond motifs is 1. The third-order valence-electron chi connectivity index (χ3n) is 6.71. The normalized spacial score (nSPS) is 22.6. The quantitative estimate of drug-likeness (QED) is 0.543. The van der Waals surface area contributed by atoms with Crippen molar-refractivity contribution in [1.82, 2.24) is 14.9 Å². The van der Waals surface area contributed by atoms with Crippen molar-refractivity contribution in [2.75, 3.05) is 5.32 Å². The number of carbonyl (C=O) groups is 1. The van der Waals surface area contributed by atoms with Crippen LogP contribution in [0.3, 0.4) is 0 Å². The van der Waals surface area contributed by atoms with Crippen LogP contribution in [0.25, 0.3) is 0 Å². The molecule has 0 aliphatic carbocycles. The Labute approximate surface area is 192 Å². The fourth-order valence-electron chi connectivity index (χ4n) is 5.00. The second kappa shape index (κ2) is 9.29. The topological polar surface area (TPSA) is 96.2 Å². The van der Waals surface area contributed by atoms with Crippen molar-refractivity contribution in [3.8, 4) is 0 Å². The van der Waals surface area contributed by atoms with E-state index in [-0.39, 0.29) is 17.5 Å². The maximum atomic E-state index is 12.8. The monoisotopic (exact) mass is 444 g/mol. The summed E-state index contributed by atoms with van der Waals surface area (Å²) in [6, 6.07) is 18.9. The standard InChI is InChI=1S/C26H28N4O3/c31-24-14-15-27-23-13-12-22(30(23)24)26(33)29-19-8-6-17(7-9-19)16-20-10-11-21(28-20)25(32)18-4-2-1-3-5-18/h1-9,14-15,20-22,25,28,32H,10-13,16H2,(H,29,33)/t20-,21?,22-,25+/m0/s1. The highest BCUT2D eigenvalue weighted by atomic mass is 16.3. The zero-order valence-corrected chi connectivity index (χ0v) is 18.4. The molecule has 3 N–H and O–H groups in total. The third-order valence-corrected chi connectivity index (χ3v) is 6.71. The molecule has 2 aliphatic rings. The molecule has 4 atom stereocenters. The van der Waals surface area contributed by atoms with Crippen LogP contribution in [-0.2, 0) is 17.6 Å². The number of anilines is 1. The molecule has 1 aromatic heterocycles. The molecule has 2 aromatic carbocycles. The van der Waals surface area contributed by atoms with Gasteiger partial charge in [-0.25, -0.2) is 4.98 Å². The Morgan fingerprint density at radius 3 is 2.67 bits per heavy atom. The zero-order chi connectivity index (χ0) is 22.8. The number of aromatic nitrogens is 2. The van der Waals surface area contributed by atoms with E-state index in [4.69, 9.17) is 0 Å². The number of aliphatic hydroxyl groups is 1. The van der Waals surface area contributed by atoms with Gasteiger partial charge in [0.05, 0.1) is 6.10 Å². The molecule has 1 fully saturated rings. The second-order valence-electron chi connectivity index (χ2n) is 8.92. The molecule has 2 aliphatic heterocycles. The Kier molecular flexibility index (Phi) is 6.07. The molecule has 1 amide bonds. The largest absolute Gasteiger partial charge is 0.387 e. The van der Waals surface area contributed by atoms with Crippen LogP contribution in [0.2, 0.25) is 0 Å². The maximum absolute atomic E-state index is 12.8. The van der Waals surface area contributed by atoms with Crippen molar-refractivity contribution in [3.63, 3.8) is 0 Å². The molecule has 1 unspecified atom stereocenters. The van der Waals surface area contributed by atoms with Gasteiger partial charge in [0.2, 0.25) is 5.91 Å². The van der Waals surface area contributed by atoms with Gasteiger partial charge in [0.25, 0.3) is 5.56 Å². The Morgan fingerprint density at radius 2 is 1.88 bits per heavy atom. The highest BCUT2D eigenvalue weighted by Gasteiger charge is 2.31. The average Bonchev–Trinajstić information content (AvgIpc) is 3.49. The molecule has 7 nitrogen and oxygen atoms in total. The summed E-state index contributed by atoms with van der Waals surface area (Å²) < 4.78 is 1.50. The third kappa shape index (κ3) is 4.60. The van der Waals surface area contributed by atoms with Gasteiger partial charge in [0.1, 0.15) is 11.9 Å². The number of aliphatic hydroxyl groups excluding tert-OH is 1. The number of nitrogens with zero attached hydrogens (tertiary/aromatic N) is 2. The molecule has 170 valence electrons. The van der Waals surface area contributed by atoms with Crippen LogP contribution in [0.5, 0.6) is 0 Å². The van der Waals surface area contributed by atoms with Gasteiger partial charge in [-0.1, -0.05) is 42.5 Å². The zero-order valence-electron chi connectivity index (χ0n) is 18.4. The number of aryl methyl sites for hydroxylation is 1. The van der Waals surface area contributed by atoms with Crippen LogP contribution < -0.4 is 16.2 Å². The fourth-order valence-corrected chi connectivity index (χ4v) is 5.00. The summed E-state index contributed by atoms with van der Waals surface area (Å²) in [7, 11) is 0. The highest BCUT2D eigenvalue weighted by Crippen LogP contribution is 2.27. The number of hydrogen-bond acceptors (Lipinski definition) is 5. The first-order chi connectivity index (χ1) is 16.1. The van der Waals surface area contributed by atoms with E-state index in [1.807, 2.05) is 54.6 Å². The van der Waals surface area contributed by atoms with Gasteiger partial charge in [-0.2, -0.15) is 0 Å². The number of amides is 1. The Balaban J connectivity index is 1.17. The minimum absolute atomic E-state index is 0.0585. The van der Waals surface area contributed by atoms with Gasteiger partial charge in [-0.05, 0) is 48.9 Å². The summed E-state index contributed by atoms with van der Waals surface area (Å²) in [6.45, 7) is 0. The van der Waals surface area contributed by atoms with Crippen LogP contribution in [0, 0.1) is 0 Å². The van der Waals surface area contributed by atoms with E-state index in [0.29, 0.717) is 30.4 Å². The highest BCUT2D eigenvalue weighted by molar-refractivity contribution is 5.94. The fraction of sp³-hybridized carbons (Fsp3) is 0.346. The van der Waals surface area contributed by atoms with Gasteiger partial charge in [-0.3, -0.25) is 14.2 Å². The molecule has 1 saturated heterocycles. The van der Waals surface area contributed by atoms with Crippen molar-refractivity contribution in [2.45, 2.75) is 56.3 Å². The Hall–Kier alpha value is -3.29. The van der Waals surface area contributed by atoms with E-state index in [0.717, 1.165) is 24.8 Å². The Bertz CT molecular complexity index is 1180. The molecule has 0 saturated carbocycles. The van der Waals surface area contributed by atoms with E-state index >= 15 is 0 Å². The van der Waals surface area contributed by atoms with Gasteiger partial charge < -0.3 is 15.7 Å². The van der Waals surface area contributed by atoms with Gasteiger partial charge in [0.15, 0.2) is 0 Å². The van der Waals surface area contributed by atoms with E-state index in [1.54, 1.807) is 0 Å². The van der Waals surface area contributed by atoms with Crippen molar-refractivity contribution < 1.29 is 9.90 Å². The van der Waals surface area contributed by atoms with Crippen LogP contribution in [0.1, 0.15) is 48.4 Å². The molecule has 0 bridgehead atoms. The smallest absolute Gasteiger partial charge is 0.254 e. The minimum atomic E-state index is -0.517. The molecule has 0 radical (unpaired) electrons. The van der Waals surface area contributed by atoms with Crippen LogP contribution in [-0.4, -0.2) is 32.6 Å². The van der Waals surface area contributed by atoms with Crippen molar-refractivity contribution in [1.29, 1.82) is 0 Å². The van der Waals surface area contributed by atoms with Crippen LogP contribution >= 0.6 is 0 Å². The molecular weight excluding hydrogens is 416 g/mol. The van der Waals surface area contributed by atoms with Crippen molar-refractivity contribution >= 4 is 11.6 Å². The van der Waals surface area contributed by atoms with E-state index in [1.165, 1.54) is 22.4 Å². The van der Waals surface area contributed by atoms with Crippen molar-refractivity contribution in [3.05, 3.63) is 94.2 Å². The molecule has 33 heavy (non-hydrogen) atoms. The molecule has 5 rings (SSSR count). The first-order valence-corrected chi connectivity index (χ1v) is 11.5. The summed E-state index contributed by atoms with van der Waals surface area (Å²) >= 11 is 0. The average molecular weight is 445 g/mol. The predicted octanol–water partition coefficient (Wildman–Crippen LogP) is 2.77. The lowest BCUT2D eigenvalue weighted by atomic mass is 10.0. The molecule has 3 aromatic rings. The lowest BCUT2D eigenvalue weighted by Gasteiger charge is -2.20. The SMILES string of the molecule is O=C(Nc1ccc(C[C@@H]2CCC([C@H](O)c3ccccc3)N2)cc1)[C@@H]1CCc2nccc(=O)n21. The summed E-state index contributed by atoms with van der Waals surface area (Å²) in [6.07, 6.45) is 5.02. The Morgan fingerprint density at radius 1 is 1.09 bits per heavy atom. The second-order valence-corrected chi connectivity index (χ2v) is 8.92. The van der Waals surface area contributed by atoms with E-state index in [2.05, 4.69) is 15.6 Å². The number of rotatable bonds is 6. The first-order valence-electron chi connectivity index (χ1n) is 11.5. The summed E-state index contributed by atoms with van der Waals surface area (Å²) in [5.41, 5.74) is 2.64. The predicted molar refractivity (Wildman–Crippen MR) is 126 cm³/mol.